The Morgan fingerprint density at radius 2 is 1.42 bits per heavy atom. The second-order valence-corrected chi connectivity index (χ2v) is 12.3. The Hall–Kier alpha value is -4.20. The van der Waals surface area contributed by atoms with Gasteiger partial charge in [0.1, 0.15) is 17.2 Å². The molecule has 0 aliphatic carbocycles. The molecule has 0 radical (unpaired) electrons. The van der Waals surface area contributed by atoms with Gasteiger partial charge < -0.3 is 24.1 Å². The molecule has 7 bridgehead atoms. The molecule has 7 heteroatoms. The van der Waals surface area contributed by atoms with Crippen molar-refractivity contribution in [1.29, 1.82) is 0 Å². The number of fused-ring (bicyclic) bond motifs is 5. The van der Waals surface area contributed by atoms with Crippen LogP contribution in [-0.2, 0) is 25.7 Å². The number of hydrogen-bond donors (Lipinski definition) is 1. The monoisotopic (exact) mass is 576 g/mol. The zero-order valence-corrected chi connectivity index (χ0v) is 25.1. The van der Waals surface area contributed by atoms with E-state index in [0.29, 0.717) is 5.75 Å². The van der Waals surface area contributed by atoms with Crippen molar-refractivity contribution in [2.24, 2.45) is 0 Å². The molecule has 1 N–H and O–H groups in total. The lowest BCUT2D eigenvalue weighted by Gasteiger charge is -2.39. The zero-order chi connectivity index (χ0) is 29.4. The predicted octanol–water partition coefficient (Wildman–Crippen LogP) is 6.83. The molecule has 0 amide bonds. The molecule has 220 valence electrons. The van der Waals surface area contributed by atoms with Crippen LogP contribution in [0.25, 0.3) is 11.1 Å². The van der Waals surface area contributed by atoms with Gasteiger partial charge >= 0.3 is 0 Å². The van der Waals surface area contributed by atoms with Gasteiger partial charge in [0.2, 0.25) is 0 Å². The van der Waals surface area contributed by atoms with E-state index in [0.717, 1.165) is 95.3 Å². The van der Waals surface area contributed by atoms with Gasteiger partial charge in [-0.3, -0.25) is 9.80 Å². The molecule has 2 atom stereocenters. The van der Waals surface area contributed by atoms with Crippen molar-refractivity contribution in [2.75, 3.05) is 41.4 Å². The van der Waals surface area contributed by atoms with Crippen molar-refractivity contribution in [3.63, 3.8) is 0 Å². The Morgan fingerprint density at radius 3 is 2.23 bits per heavy atom. The topological polar surface area (TPSA) is 63.6 Å². The smallest absolute Gasteiger partial charge is 0.175 e. The van der Waals surface area contributed by atoms with Crippen molar-refractivity contribution < 1.29 is 24.1 Å². The molecule has 8 rings (SSSR count). The van der Waals surface area contributed by atoms with Crippen LogP contribution in [-0.4, -0.2) is 56.3 Å². The van der Waals surface area contributed by atoms with Crippen LogP contribution < -0.4 is 18.9 Å². The van der Waals surface area contributed by atoms with Crippen LogP contribution in [0.5, 0.6) is 40.2 Å². The van der Waals surface area contributed by atoms with Crippen LogP contribution in [0.1, 0.15) is 45.5 Å². The van der Waals surface area contributed by atoms with Gasteiger partial charge in [0, 0.05) is 53.5 Å². The van der Waals surface area contributed by atoms with Gasteiger partial charge in [-0.05, 0) is 98.4 Å². The van der Waals surface area contributed by atoms with Gasteiger partial charge in [0.25, 0.3) is 0 Å². The van der Waals surface area contributed by atoms with Crippen LogP contribution in [0.3, 0.4) is 0 Å². The van der Waals surface area contributed by atoms with Gasteiger partial charge in [-0.15, -0.1) is 0 Å². The fourth-order valence-electron chi connectivity index (χ4n) is 7.52. The lowest BCUT2D eigenvalue weighted by Crippen LogP contribution is -2.34. The van der Waals surface area contributed by atoms with E-state index in [9.17, 15) is 5.11 Å². The highest BCUT2D eigenvalue weighted by Gasteiger charge is 2.37. The molecule has 0 fully saturated rings. The first kappa shape index (κ1) is 26.4. The van der Waals surface area contributed by atoms with Crippen LogP contribution >= 0.6 is 0 Å². The van der Waals surface area contributed by atoms with Gasteiger partial charge in [-0.1, -0.05) is 12.1 Å². The van der Waals surface area contributed by atoms with Crippen LogP contribution in [0.2, 0.25) is 0 Å². The second kappa shape index (κ2) is 9.93. The van der Waals surface area contributed by atoms with Crippen molar-refractivity contribution in [3.05, 3.63) is 88.0 Å². The number of aromatic hydroxyl groups is 1. The number of hydrogen-bond acceptors (Lipinski definition) is 7. The number of methoxy groups -OCH3 is 2. The summed E-state index contributed by atoms with van der Waals surface area (Å²) in [6.07, 6.45) is 3.35. The Morgan fingerprint density at radius 1 is 0.721 bits per heavy atom. The van der Waals surface area contributed by atoms with Crippen LogP contribution in [0, 0.1) is 0 Å². The van der Waals surface area contributed by atoms with Gasteiger partial charge in [-0.25, -0.2) is 0 Å². The number of phenols is 1. The van der Waals surface area contributed by atoms with Crippen molar-refractivity contribution in [1.82, 2.24) is 9.80 Å². The number of ether oxygens (including phenoxy) is 4. The molecule has 4 heterocycles. The minimum Gasteiger partial charge on any atom is -0.507 e. The van der Waals surface area contributed by atoms with Gasteiger partial charge in [-0.2, -0.15) is 0 Å². The number of likely N-dealkylation sites (N-methyl/N-ethyl adjacent to an activating group) is 2. The molecule has 0 spiro atoms. The molecule has 0 aromatic heterocycles. The van der Waals surface area contributed by atoms with Gasteiger partial charge in [0.15, 0.2) is 23.0 Å². The Balaban J connectivity index is 1.40. The second-order valence-electron chi connectivity index (χ2n) is 12.3. The number of rotatable bonds is 2. The molecule has 0 unspecified atom stereocenters. The third-order valence-electron chi connectivity index (χ3n) is 9.89. The summed E-state index contributed by atoms with van der Waals surface area (Å²) in [5.74, 6) is 4.82. The average Bonchev–Trinajstić information content (AvgIpc) is 3.01. The summed E-state index contributed by atoms with van der Waals surface area (Å²) in [7, 11) is 7.78. The van der Waals surface area contributed by atoms with Crippen molar-refractivity contribution >= 4 is 0 Å². The Bertz CT molecular complexity index is 1780. The first-order valence-corrected chi connectivity index (χ1v) is 15.1. The summed E-state index contributed by atoms with van der Waals surface area (Å²) < 4.78 is 25.3. The summed E-state index contributed by atoms with van der Waals surface area (Å²) >= 11 is 0. The Labute approximate surface area is 252 Å². The van der Waals surface area contributed by atoms with E-state index in [-0.39, 0.29) is 17.8 Å². The molecule has 4 aromatic rings. The lowest BCUT2D eigenvalue weighted by atomic mass is 9.85. The first-order chi connectivity index (χ1) is 20.9. The highest BCUT2D eigenvalue weighted by atomic mass is 16.6. The largest absolute Gasteiger partial charge is 0.507 e. The molecule has 7 nitrogen and oxygen atoms in total. The summed E-state index contributed by atoms with van der Waals surface area (Å²) in [5.41, 5.74) is 8.82. The van der Waals surface area contributed by atoms with Gasteiger partial charge in [0.05, 0.1) is 14.2 Å². The Kier molecular flexibility index (Phi) is 6.10. The highest BCUT2D eigenvalue weighted by molar-refractivity contribution is 5.77. The average molecular weight is 577 g/mol. The number of benzene rings is 4. The van der Waals surface area contributed by atoms with E-state index in [2.05, 4.69) is 54.2 Å². The normalized spacial score (nSPS) is 20.3. The summed E-state index contributed by atoms with van der Waals surface area (Å²) in [5, 5.41) is 11.1. The summed E-state index contributed by atoms with van der Waals surface area (Å²) in [6.45, 7) is 1.85. The third-order valence-corrected chi connectivity index (χ3v) is 9.89. The number of nitrogens with zero attached hydrogens (tertiary/aromatic N) is 2. The van der Waals surface area contributed by atoms with E-state index >= 15 is 0 Å². The van der Waals surface area contributed by atoms with Crippen LogP contribution in [0.15, 0.2) is 54.6 Å². The third kappa shape index (κ3) is 4.17. The van der Waals surface area contributed by atoms with E-state index < -0.39 is 0 Å². The van der Waals surface area contributed by atoms with E-state index in [4.69, 9.17) is 18.9 Å². The maximum Gasteiger partial charge on any atom is 0.175 e. The van der Waals surface area contributed by atoms with Crippen LogP contribution in [0.4, 0.5) is 0 Å². The maximum atomic E-state index is 11.1. The summed E-state index contributed by atoms with van der Waals surface area (Å²) in [6, 6.07) is 18.8. The molecule has 4 aliphatic rings. The SMILES string of the molecule is COc1ccc2cc1-c1cc(ccc1O)C[C@H]1c3cc4c(cc3CCN1C)Oc1cc(OC)c3c(c1O4)[C@@H](C2)N(C)CC3. The molecule has 4 aliphatic heterocycles. The van der Waals surface area contributed by atoms with E-state index in [1.54, 1.807) is 14.2 Å². The van der Waals surface area contributed by atoms with E-state index in [1.165, 1.54) is 16.7 Å². The first-order valence-electron chi connectivity index (χ1n) is 15.1. The predicted molar refractivity (Wildman–Crippen MR) is 165 cm³/mol. The molecular weight excluding hydrogens is 540 g/mol. The fraction of sp³-hybridized carbons (Fsp3) is 0.333. The van der Waals surface area contributed by atoms with Crippen molar-refractivity contribution in [3.8, 4) is 51.4 Å². The van der Waals surface area contributed by atoms with E-state index in [1.807, 2.05) is 24.3 Å². The molecule has 4 aromatic carbocycles. The highest BCUT2D eigenvalue weighted by Crippen LogP contribution is 2.55. The minimum absolute atomic E-state index is 0.0309. The minimum atomic E-state index is 0.0309. The number of phenolic OH excluding ortho intramolecular Hbond substituents is 1. The molecule has 43 heavy (non-hydrogen) atoms. The summed E-state index contributed by atoms with van der Waals surface area (Å²) in [4.78, 5) is 4.81. The molecule has 0 saturated carbocycles. The maximum absolute atomic E-state index is 11.1. The molecular formula is C36H36N2O5. The quantitative estimate of drug-likeness (QED) is 0.247. The fourth-order valence-corrected chi connectivity index (χ4v) is 7.52. The van der Waals surface area contributed by atoms with Crippen molar-refractivity contribution in [2.45, 2.75) is 37.8 Å². The zero-order valence-electron chi connectivity index (χ0n) is 25.1. The standard InChI is InChI=1S/C36H36N2O5/c1-37-11-9-22-17-32-33-18-24(22)27(37)15-20-5-7-29(39)25(13-20)26-14-21(6-8-30(26)40-3)16-28-35-23(10-12-38(28)2)31(41-4)19-34(42-32)36(35)43-33/h5-8,13-14,17-19,27-28,39H,9-12,15-16H2,1-4H3/t27-,28+/m0/s1. The lowest BCUT2D eigenvalue weighted by molar-refractivity contribution is 0.217. The molecule has 0 saturated heterocycles.